The number of ether oxygens (including phenoxy) is 2. The van der Waals surface area contributed by atoms with Crippen LogP contribution in [0.4, 0.5) is 4.79 Å². The number of hydrogen-bond donors (Lipinski definition) is 0. The van der Waals surface area contributed by atoms with Crippen LogP contribution < -0.4 is 0 Å². The van der Waals surface area contributed by atoms with Gasteiger partial charge < -0.3 is 9.47 Å². The fourth-order valence-corrected chi connectivity index (χ4v) is 2.76. The third kappa shape index (κ3) is 5.21. The van der Waals surface area contributed by atoms with Crippen LogP contribution >= 0.6 is 0 Å². The summed E-state index contributed by atoms with van der Waals surface area (Å²) in [6, 6.07) is -0.446. The second-order valence-electron chi connectivity index (χ2n) is 6.65. The summed E-state index contributed by atoms with van der Waals surface area (Å²) in [5, 5.41) is 0. The van der Waals surface area contributed by atoms with Crippen LogP contribution in [0.3, 0.4) is 0 Å². The van der Waals surface area contributed by atoms with E-state index in [1.54, 1.807) is 4.90 Å². The maximum atomic E-state index is 12.5. The van der Waals surface area contributed by atoms with Gasteiger partial charge >= 0.3 is 12.1 Å². The van der Waals surface area contributed by atoms with Crippen molar-refractivity contribution in [2.75, 3.05) is 7.11 Å². The van der Waals surface area contributed by atoms with Gasteiger partial charge in [-0.05, 0) is 46.5 Å². The van der Waals surface area contributed by atoms with E-state index < -0.39 is 17.7 Å². The van der Waals surface area contributed by atoms with Crippen molar-refractivity contribution in [3.05, 3.63) is 0 Å². The van der Waals surface area contributed by atoms with Crippen molar-refractivity contribution in [1.82, 2.24) is 4.90 Å². The third-order valence-electron chi connectivity index (χ3n) is 3.71. The van der Waals surface area contributed by atoms with Gasteiger partial charge in [0.2, 0.25) is 0 Å². The Balaban J connectivity index is 2.92. The zero-order chi connectivity index (χ0) is 16.0. The number of piperidine rings is 1. The lowest BCUT2D eigenvalue weighted by Crippen LogP contribution is -2.54. The first-order chi connectivity index (χ1) is 9.80. The molecule has 1 saturated heterocycles. The summed E-state index contributed by atoms with van der Waals surface area (Å²) < 4.78 is 10.4. The number of amides is 1. The monoisotopic (exact) mass is 299 g/mol. The number of likely N-dealkylation sites (tertiary alicyclic amines) is 1. The molecular weight excluding hydrogens is 270 g/mol. The molecule has 0 bridgehead atoms. The summed E-state index contributed by atoms with van der Waals surface area (Å²) in [6.07, 6.45) is 5.12. The lowest BCUT2D eigenvalue weighted by atomic mass is 9.92. The highest BCUT2D eigenvalue weighted by Gasteiger charge is 2.40. The van der Waals surface area contributed by atoms with Crippen molar-refractivity contribution >= 4 is 12.1 Å². The largest absolute Gasteiger partial charge is 0.467 e. The number of rotatable bonds is 4. The van der Waals surface area contributed by atoms with Crippen LogP contribution in [-0.2, 0) is 14.3 Å². The average Bonchev–Trinajstić information content (AvgIpc) is 2.41. The van der Waals surface area contributed by atoms with E-state index in [-0.39, 0.29) is 12.0 Å². The molecule has 0 N–H and O–H groups in total. The fraction of sp³-hybridized carbons (Fsp3) is 0.875. The van der Waals surface area contributed by atoms with E-state index in [0.29, 0.717) is 6.42 Å². The molecule has 122 valence electrons. The molecule has 0 spiro atoms. The van der Waals surface area contributed by atoms with Crippen LogP contribution in [0, 0.1) is 0 Å². The quantitative estimate of drug-likeness (QED) is 0.745. The first kappa shape index (κ1) is 17.8. The van der Waals surface area contributed by atoms with Gasteiger partial charge in [0.1, 0.15) is 11.6 Å². The van der Waals surface area contributed by atoms with E-state index in [1.807, 2.05) is 20.8 Å². The molecule has 0 aromatic heterocycles. The van der Waals surface area contributed by atoms with Crippen LogP contribution in [0.1, 0.15) is 66.2 Å². The summed E-state index contributed by atoms with van der Waals surface area (Å²) in [7, 11) is 1.37. The van der Waals surface area contributed by atoms with Crippen LogP contribution in [0.5, 0.6) is 0 Å². The Hall–Kier alpha value is -1.26. The summed E-state index contributed by atoms with van der Waals surface area (Å²) in [5.74, 6) is -0.345. The van der Waals surface area contributed by atoms with Gasteiger partial charge in [-0.25, -0.2) is 9.59 Å². The fourth-order valence-electron chi connectivity index (χ4n) is 2.76. The summed E-state index contributed by atoms with van der Waals surface area (Å²) in [5.41, 5.74) is -0.565. The first-order valence-corrected chi connectivity index (χ1v) is 7.89. The maximum Gasteiger partial charge on any atom is 0.411 e. The molecular formula is C16H29NO4. The summed E-state index contributed by atoms with van der Waals surface area (Å²) >= 11 is 0. The van der Waals surface area contributed by atoms with Crippen molar-refractivity contribution < 1.29 is 19.1 Å². The Kier molecular flexibility index (Phi) is 6.49. The van der Waals surface area contributed by atoms with Crippen molar-refractivity contribution in [2.24, 2.45) is 0 Å². The predicted octanol–water partition coefficient (Wildman–Crippen LogP) is 3.51. The van der Waals surface area contributed by atoms with E-state index >= 15 is 0 Å². The average molecular weight is 299 g/mol. The third-order valence-corrected chi connectivity index (χ3v) is 3.71. The molecule has 0 unspecified atom stereocenters. The van der Waals surface area contributed by atoms with E-state index in [0.717, 1.165) is 32.1 Å². The number of nitrogens with zero attached hydrogens (tertiary/aromatic N) is 1. The van der Waals surface area contributed by atoms with E-state index in [4.69, 9.17) is 9.47 Å². The van der Waals surface area contributed by atoms with E-state index in [2.05, 4.69) is 6.92 Å². The van der Waals surface area contributed by atoms with Crippen LogP contribution in [-0.4, -0.2) is 41.8 Å². The molecule has 1 aliphatic heterocycles. The van der Waals surface area contributed by atoms with Gasteiger partial charge in [-0.15, -0.1) is 0 Å². The second kappa shape index (κ2) is 7.66. The topological polar surface area (TPSA) is 55.8 Å². The van der Waals surface area contributed by atoms with Gasteiger partial charge in [-0.2, -0.15) is 0 Å². The number of carbonyl (C=O) groups excluding carboxylic acids is 2. The van der Waals surface area contributed by atoms with Gasteiger partial charge in [-0.1, -0.05) is 19.8 Å². The van der Waals surface area contributed by atoms with Gasteiger partial charge in [0, 0.05) is 6.04 Å². The molecule has 0 saturated carbocycles. The lowest BCUT2D eigenvalue weighted by Gasteiger charge is -2.41. The van der Waals surface area contributed by atoms with Crippen molar-refractivity contribution in [3.63, 3.8) is 0 Å². The van der Waals surface area contributed by atoms with E-state index in [1.165, 1.54) is 7.11 Å². The predicted molar refractivity (Wildman–Crippen MR) is 81.0 cm³/mol. The minimum Gasteiger partial charge on any atom is -0.467 e. The highest BCUT2D eigenvalue weighted by molar-refractivity contribution is 5.82. The number of carbonyl (C=O) groups is 2. The second-order valence-corrected chi connectivity index (χ2v) is 6.65. The highest BCUT2D eigenvalue weighted by Crippen LogP contribution is 2.29. The number of esters is 1. The molecule has 1 aliphatic rings. The smallest absolute Gasteiger partial charge is 0.411 e. The van der Waals surface area contributed by atoms with E-state index in [9.17, 15) is 9.59 Å². The van der Waals surface area contributed by atoms with Crippen LogP contribution in [0.25, 0.3) is 0 Å². The number of hydrogen-bond acceptors (Lipinski definition) is 4. The Labute approximate surface area is 128 Å². The summed E-state index contributed by atoms with van der Waals surface area (Å²) in [4.78, 5) is 26.1. The first-order valence-electron chi connectivity index (χ1n) is 7.89. The zero-order valence-corrected chi connectivity index (χ0v) is 14.0. The van der Waals surface area contributed by atoms with Crippen molar-refractivity contribution in [2.45, 2.75) is 83.9 Å². The molecule has 5 nitrogen and oxygen atoms in total. The van der Waals surface area contributed by atoms with Crippen molar-refractivity contribution in [1.29, 1.82) is 0 Å². The minimum absolute atomic E-state index is 0.0673. The Morgan fingerprint density at radius 2 is 1.90 bits per heavy atom. The molecule has 1 heterocycles. The minimum atomic E-state index is -0.565. The van der Waals surface area contributed by atoms with Crippen LogP contribution in [0.15, 0.2) is 0 Å². The number of methoxy groups -OCH3 is 1. The van der Waals surface area contributed by atoms with Crippen LogP contribution in [0.2, 0.25) is 0 Å². The molecule has 0 radical (unpaired) electrons. The molecule has 0 aromatic carbocycles. The molecule has 2 atom stereocenters. The standard InChI is InChI=1S/C16H29NO4/c1-6-7-9-12-10-8-11-13(14(18)20-5)17(12)15(19)21-16(2,3)4/h12-13H,6-11H2,1-5H3/t12-,13-/m1/s1. The van der Waals surface area contributed by atoms with Gasteiger partial charge in [0.25, 0.3) is 0 Å². The van der Waals surface area contributed by atoms with Gasteiger partial charge in [0.05, 0.1) is 7.11 Å². The van der Waals surface area contributed by atoms with Crippen molar-refractivity contribution in [3.8, 4) is 0 Å². The summed E-state index contributed by atoms with van der Waals surface area (Å²) in [6.45, 7) is 7.63. The maximum absolute atomic E-state index is 12.5. The molecule has 21 heavy (non-hydrogen) atoms. The molecule has 0 aliphatic carbocycles. The SMILES string of the molecule is CCCC[C@@H]1CCC[C@H](C(=O)OC)N1C(=O)OC(C)(C)C. The Morgan fingerprint density at radius 1 is 1.24 bits per heavy atom. The van der Waals surface area contributed by atoms with Gasteiger partial charge in [0.15, 0.2) is 0 Å². The highest BCUT2D eigenvalue weighted by atomic mass is 16.6. The number of unbranched alkanes of at least 4 members (excludes halogenated alkanes) is 1. The molecule has 1 fully saturated rings. The normalized spacial score (nSPS) is 22.8. The van der Waals surface area contributed by atoms with Gasteiger partial charge in [-0.3, -0.25) is 4.90 Å². The molecule has 0 aromatic rings. The Bertz CT molecular complexity index is 362. The Morgan fingerprint density at radius 3 is 2.43 bits per heavy atom. The zero-order valence-electron chi connectivity index (χ0n) is 14.0. The molecule has 1 rings (SSSR count). The lowest BCUT2D eigenvalue weighted by molar-refractivity contribution is -0.149. The molecule has 5 heteroatoms. The molecule has 1 amide bonds.